The Labute approximate surface area is 189 Å². The number of fused-ring (bicyclic) bond motifs is 1. The molecule has 6 heteroatoms. The molecule has 2 N–H and O–H groups in total. The van der Waals surface area contributed by atoms with E-state index in [-0.39, 0.29) is 5.91 Å². The largest absolute Gasteiger partial charge is 0.367 e. The Hall–Kier alpha value is -2.89. The molecular formula is C26H33N5O. The first-order chi connectivity index (χ1) is 15.8. The Morgan fingerprint density at radius 2 is 1.91 bits per heavy atom. The van der Waals surface area contributed by atoms with Crippen molar-refractivity contribution in [3.63, 3.8) is 0 Å². The minimum absolute atomic E-state index is 0.229. The third-order valence-electron chi connectivity index (χ3n) is 7.12. The predicted octanol–water partition coefficient (Wildman–Crippen LogP) is 5.04. The number of likely N-dealkylation sites (tertiary alicyclic amines) is 1. The van der Waals surface area contributed by atoms with Crippen molar-refractivity contribution in [2.75, 3.05) is 18.4 Å². The van der Waals surface area contributed by atoms with Crippen LogP contribution in [0.25, 0.3) is 10.9 Å². The number of piperidine rings is 1. The van der Waals surface area contributed by atoms with Crippen molar-refractivity contribution in [3.8, 4) is 0 Å². The molecule has 1 aliphatic heterocycles. The predicted molar refractivity (Wildman–Crippen MR) is 128 cm³/mol. The molecule has 0 bridgehead atoms. The van der Waals surface area contributed by atoms with E-state index < -0.39 is 0 Å². The van der Waals surface area contributed by atoms with Crippen molar-refractivity contribution in [3.05, 3.63) is 53.9 Å². The molecule has 3 aromatic rings. The molecule has 168 valence electrons. The summed E-state index contributed by atoms with van der Waals surface area (Å²) in [5.41, 5.74) is 3.27. The molecule has 0 unspecified atom stereocenters. The van der Waals surface area contributed by atoms with Gasteiger partial charge in [-0.25, -0.2) is 4.98 Å². The number of hydrogen-bond donors (Lipinski definition) is 2. The normalized spacial score (nSPS) is 19.9. The SMILES string of the molecule is O=C(CCc1n[nH]c2ccnc(NC3CCCCC3)c12)N1CCC[C@@H](c2ccccc2)C1. The van der Waals surface area contributed by atoms with Gasteiger partial charge >= 0.3 is 0 Å². The van der Waals surface area contributed by atoms with Gasteiger partial charge in [0.15, 0.2) is 0 Å². The van der Waals surface area contributed by atoms with E-state index in [9.17, 15) is 4.79 Å². The van der Waals surface area contributed by atoms with Gasteiger partial charge in [0.1, 0.15) is 5.82 Å². The Bertz CT molecular complexity index is 1040. The molecule has 1 aromatic carbocycles. The molecule has 0 spiro atoms. The first-order valence-electron chi connectivity index (χ1n) is 12.2. The Kier molecular flexibility index (Phi) is 6.37. The molecule has 2 aromatic heterocycles. The number of nitrogens with one attached hydrogen (secondary N) is 2. The Balaban J connectivity index is 1.25. The number of aromatic nitrogens is 3. The van der Waals surface area contributed by atoms with Gasteiger partial charge in [-0.3, -0.25) is 9.89 Å². The summed E-state index contributed by atoms with van der Waals surface area (Å²) in [6.07, 6.45) is 11.4. The van der Waals surface area contributed by atoms with Crippen molar-refractivity contribution in [2.45, 2.75) is 69.7 Å². The highest BCUT2D eigenvalue weighted by atomic mass is 16.2. The van der Waals surface area contributed by atoms with Crippen LogP contribution in [0.4, 0.5) is 5.82 Å². The van der Waals surface area contributed by atoms with Gasteiger partial charge in [0, 0.05) is 44.1 Å². The summed E-state index contributed by atoms with van der Waals surface area (Å²) in [4.78, 5) is 19.7. The molecule has 6 nitrogen and oxygen atoms in total. The summed E-state index contributed by atoms with van der Waals surface area (Å²) < 4.78 is 0. The van der Waals surface area contributed by atoms with Crippen LogP contribution in [-0.4, -0.2) is 45.1 Å². The maximum Gasteiger partial charge on any atom is 0.222 e. The zero-order chi connectivity index (χ0) is 21.8. The highest BCUT2D eigenvalue weighted by Crippen LogP contribution is 2.29. The van der Waals surface area contributed by atoms with E-state index in [1.165, 1.54) is 37.7 Å². The molecule has 2 aliphatic rings. The lowest BCUT2D eigenvalue weighted by atomic mass is 9.90. The van der Waals surface area contributed by atoms with Gasteiger partial charge in [-0.15, -0.1) is 0 Å². The van der Waals surface area contributed by atoms with E-state index in [0.29, 0.717) is 24.8 Å². The number of aryl methyl sites for hydroxylation is 1. The summed E-state index contributed by atoms with van der Waals surface area (Å²) in [7, 11) is 0. The van der Waals surface area contributed by atoms with Crippen LogP contribution in [-0.2, 0) is 11.2 Å². The molecule has 1 saturated heterocycles. The number of carbonyl (C=O) groups excluding carboxylic acids is 1. The number of carbonyl (C=O) groups is 1. The lowest BCUT2D eigenvalue weighted by Crippen LogP contribution is -2.39. The van der Waals surface area contributed by atoms with E-state index in [2.05, 4.69) is 55.7 Å². The van der Waals surface area contributed by atoms with Gasteiger partial charge in [0.2, 0.25) is 5.91 Å². The Morgan fingerprint density at radius 3 is 2.75 bits per heavy atom. The van der Waals surface area contributed by atoms with E-state index in [1.54, 1.807) is 0 Å². The van der Waals surface area contributed by atoms with Crippen LogP contribution in [0.1, 0.15) is 68.5 Å². The highest BCUT2D eigenvalue weighted by Gasteiger charge is 2.25. The summed E-state index contributed by atoms with van der Waals surface area (Å²) >= 11 is 0. The summed E-state index contributed by atoms with van der Waals surface area (Å²) in [5, 5.41) is 12.4. The molecular weight excluding hydrogens is 398 g/mol. The van der Waals surface area contributed by atoms with E-state index in [1.807, 2.05) is 12.3 Å². The molecule has 1 aliphatic carbocycles. The van der Waals surface area contributed by atoms with Crippen LogP contribution in [0.15, 0.2) is 42.6 Å². The smallest absolute Gasteiger partial charge is 0.222 e. The quantitative estimate of drug-likeness (QED) is 0.573. The van der Waals surface area contributed by atoms with Crippen molar-refractivity contribution >= 4 is 22.6 Å². The van der Waals surface area contributed by atoms with Crippen LogP contribution in [0.2, 0.25) is 0 Å². The average Bonchev–Trinajstić information content (AvgIpc) is 3.28. The molecule has 3 heterocycles. The molecule has 5 rings (SSSR count). The average molecular weight is 432 g/mol. The van der Waals surface area contributed by atoms with Crippen LogP contribution in [0.5, 0.6) is 0 Å². The van der Waals surface area contributed by atoms with Crippen molar-refractivity contribution in [2.24, 2.45) is 0 Å². The summed E-state index contributed by atoms with van der Waals surface area (Å²) in [6.45, 7) is 1.68. The maximum absolute atomic E-state index is 13.1. The molecule has 1 atom stereocenters. The summed E-state index contributed by atoms with van der Waals surface area (Å²) in [5.74, 6) is 1.58. The van der Waals surface area contributed by atoms with E-state index >= 15 is 0 Å². The molecule has 32 heavy (non-hydrogen) atoms. The second-order valence-corrected chi connectivity index (χ2v) is 9.32. The second-order valence-electron chi connectivity index (χ2n) is 9.32. The lowest BCUT2D eigenvalue weighted by molar-refractivity contribution is -0.132. The second kappa shape index (κ2) is 9.72. The van der Waals surface area contributed by atoms with Crippen LogP contribution in [0.3, 0.4) is 0 Å². The fourth-order valence-electron chi connectivity index (χ4n) is 5.35. The third-order valence-corrected chi connectivity index (χ3v) is 7.12. The first kappa shape index (κ1) is 21.0. The zero-order valence-corrected chi connectivity index (χ0v) is 18.7. The van der Waals surface area contributed by atoms with E-state index in [4.69, 9.17) is 0 Å². The monoisotopic (exact) mass is 431 g/mol. The lowest BCUT2D eigenvalue weighted by Gasteiger charge is -2.33. The van der Waals surface area contributed by atoms with Crippen LogP contribution in [0, 0.1) is 0 Å². The van der Waals surface area contributed by atoms with Crippen molar-refractivity contribution in [1.29, 1.82) is 0 Å². The topological polar surface area (TPSA) is 73.9 Å². The third kappa shape index (κ3) is 4.64. The summed E-state index contributed by atoms with van der Waals surface area (Å²) in [6, 6.07) is 13.0. The number of benzene rings is 1. The Morgan fingerprint density at radius 1 is 1.06 bits per heavy atom. The first-order valence-corrected chi connectivity index (χ1v) is 12.2. The van der Waals surface area contributed by atoms with Crippen molar-refractivity contribution < 1.29 is 4.79 Å². The van der Waals surface area contributed by atoms with Gasteiger partial charge in [0.05, 0.1) is 16.6 Å². The number of H-pyrrole nitrogens is 1. The number of pyridine rings is 1. The number of hydrogen-bond acceptors (Lipinski definition) is 4. The fraction of sp³-hybridized carbons (Fsp3) is 0.500. The minimum atomic E-state index is 0.229. The maximum atomic E-state index is 13.1. The van der Waals surface area contributed by atoms with E-state index in [0.717, 1.165) is 48.3 Å². The van der Waals surface area contributed by atoms with Gasteiger partial charge in [-0.05, 0) is 37.3 Å². The standard InChI is InChI=1S/C26H33N5O/c32-24(31-17-7-10-20(18-31)19-8-3-1-4-9-19)14-13-22-25-23(30-29-22)15-16-27-26(25)28-21-11-5-2-6-12-21/h1,3-4,8-9,15-16,20-21H,2,5-7,10-14,17-18H2,(H,27,28)(H,29,30)/t20-/m1/s1. The molecule has 1 amide bonds. The minimum Gasteiger partial charge on any atom is -0.367 e. The van der Waals surface area contributed by atoms with Crippen molar-refractivity contribution in [1.82, 2.24) is 20.1 Å². The van der Waals surface area contributed by atoms with Gasteiger partial charge < -0.3 is 10.2 Å². The fourth-order valence-corrected chi connectivity index (χ4v) is 5.35. The number of amides is 1. The van der Waals surface area contributed by atoms with Crippen LogP contribution < -0.4 is 5.32 Å². The number of rotatable bonds is 6. The number of aromatic amines is 1. The number of anilines is 1. The molecule has 1 saturated carbocycles. The highest BCUT2D eigenvalue weighted by molar-refractivity contribution is 5.92. The molecule has 2 fully saturated rings. The van der Waals surface area contributed by atoms with Gasteiger partial charge in [-0.2, -0.15) is 5.10 Å². The number of nitrogens with zero attached hydrogens (tertiary/aromatic N) is 3. The molecule has 0 radical (unpaired) electrons. The van der Waals surface area contributed by atoms with Gasteiger partial charge in [0.25, 0.3) is 0 Å². The van der Waals surface area contributed by atoms with Crippen LogP contribution >= 0.6 is 0 Å². The zero-order valence-electron chi connectivity index (χ0n) is 18.7. The van der Waals surface area contributed by atoms with Gasteiger partial charge in [-0.1, -0.05) is 49.6 Å².